The van der Waals surface area contributed by atoms with Crippen molar-refractivity contribution in [2.45, 2.75) is 0 Å². The summed E-state index contributed by atoms with van der Waals surface area (Å²) in [5.74, 6) is 0. The van der Waals surface area contributed by atoms with Crippen molar-refractivity contribution in [3.8, 4) is 0 Å². The number of hydrogen-bond donors (Lipinski definition) is 0. The van der Waals surface area contributed by atoms with Gasteiger partial charge in [0.25, 0.3) is 0 Å². The Morgan fingerprint density at radius 2 is 0.562 bits per heavy atom. The molecule has 16 heavy (non-hydrogen) atoms. The molecule has 0 spiro atoms. The molecule has 0 aliphatic rings. The molecule has 0 bridgehead atoms. The zero-order chi connectivity index (χ0) is 9.00. The molecule has 6 N–H and O–H groups in total. The first-order valence-electron chi connectivity index (χ1n) is 1.46. The molecule has 16 heteroatoms. The third-order valence-corrected chi connectivity index (χ3v) is 0. The van der Waals surface area contributed by atoms with E-state index in [0.717, 1.165) is 0 Å². The van der Waals surface area contributed by atoms with Crippen molar-refractivity contribution in [1.29, 1.82) is 0 Å². The van der Waals surface area contributed by atoms with Gasteiger partial charge in [0, 0.05) is 0 Å². The summed E-state index contributed by atoms with van der Waals surface area (Å²) in [5.41, 5.74) is 0. The molecule has 0 aliphatic carbocycles. The average molecular weight is 348 g/mol. The van der Waals surface area contributed by atoms with E-state index in [-0.39, 0.29) is 115 Å². The first-order valence-corrected chi connectivity index (χ1v) is 4.38. The Morgan fingerprint density at radius 3 is 0.562 bits per heavy atom. The topological polar surface area (TPSA) is 267 Å². The van der Waals surface area contributed by atoms with E-state index in [2.05, 4.69) is 0 Å². The minimum absolute atomic E-state index is 0. The monoisotopic (exact) mass is 348 g/mol. The second kappa shape index (κ2) is 23.5. The van der Waals surface area contributed by atoms with Gasteiger partial charge in [-0.05, 0) is 0 Å². The molecule has 0 aromatic rings. The van der Waals surface area contributed by atoms with E-state index in [9.17, 15) is 0 Å². The van der Waals surface area contributed by atoms with Crippen LogP contribution < -0.4 is 29.4 Å². The van der Waals surface area contributed by atoms with Crippen molar-refractivity contribution < 1.29 is 54.9 Å². The van der Waals surface area contributed by atoms with E-state index in [1.807, 2.05) is 0 Å². The molecule has 0 rings (SSSR count). The van der Waals surface area contributed by atoms with Crippen LogP contribution in [0.25, 0.3) is 0 Å². The molecule has 0 fully saturated rings. The Kier molecular flexibility index (Phi) is 74.2. The van der Waals surface area contributed by atoms with Gasteiger partial charge in [-0.25, -0.2) is 0 Å². The Morgan fingerprint density at radius 1 is 0.562 bits per heavy atom. The maximum Gasteiger partial charge on any atom is 2.00 e. The Bertz CT molecular complexity index is 134. The fourth-order valence-corrected chi connectivity index (χ4v) is 0. The van der Waals surface area contributed by atoms with E-state index >= 15 is 0 Å². The summed E-state index contributed by atoms with van der Waals surface area (Å²) in [7, 11) is -10.8. The van der Waals surface area contributed by atoms with Crippen LogP contribution in [0.4, 0.5) is 0 Å². The molecular weight excluding hydrogens is 342 g/mol. The maximum absolute atomic E-state index is 8.55. The molecule has 11 nitrogen and oxygen atoms in total. The zero-order valence-electron chi connectivity index (χ0n) is 7.78. The quantitative estimate of drug-likeness (QED) is 0.298. The number of phosphoric acid groups is 2. The fourth-order valence-electron chi connectivity index (χ4n) is 0. The Balaban J connectivity index is -0.00000000970. The smallest absolute Gasteiger partial charge is 0.822 e. The van der Waals surface area contributed by atoms with Crippen molar-refractivity contribution in [3.05, 3.63) is 0 Å². The zero-order valence-corrected chi connectivity index (χ0v) is 15.4. The van der Waals surface area contributed by atoms with Crippen molar-refractivity contribution in [2.24, 2.45) is 0 Å². The molecule has 0 aromatic carbocycles. The van der Waals surface area contributed by atoms with Crippen LogP contribution in [0.3, 0.4) is 0 Å². The van der Waals surface area contributed by atoms with Gasteiger partial charge in [0.1, 0.15) is 0 Å². The standard InChI is InChI=1S/2Ca.Mg.2H3O4P.3H2O/c;;;2*1-5(2,3)4;;;/h;;;2*(H3,1,2,3,4);3*1H2/q3*+2;;;;;/p-6. The van der Waals surface area contributed by atoms with Gasteiger partial charge in [-0.2, -0.15) is 15.6 Å². The van der Waals surface area contributed by atoms with Gasteiger partial charge in [-0.3, -0.25) is 0 Å². The average Bonchev–Trinajstić information content (AvgIpc) is 1.12. The van der Waals surface area contributed by atoms with Crippen molar-refractivity contribution in [1.82, 2.24) is 0 Å². The molecule has 0 saturated carbocycles. The van der Waals surface area contributed by atoms with Gasteiger partial charge in [-0.1, -0.05) is 0 Å². The first-order chi connectivity index (χ1) is 4.00. The molecule has 0 heterocycles. The van der Waals surface area contributed by atoms with Crippen molar-refractivity contribution >= 4 is 114 Å². The second-order valence-electron chi connectivity index (χ2n) is 0.894. The molecule has 0 radical (unpaired) electrons. The summed E-state index contributed by atoms with van der Waals surface area (Å²) in [5, 5.41) is 0. The van der Waals surface area contributed by atoms with Crippen LogP contribution in [0.2, 0.25) is 0 Å². The maximum atomic E-state index is 8.55. The third kappa shape index (κ3) is 407. The van der Waals surface area contributed by atoms with Crippen LogP contribution in [0.1, 0.15) is 0 Å². The predicted molar refractivity (Wildman–Crippen MR) is 43.3 cm³/mol. The van der Waals surface area contributed by atoms with E-state index in [4.69, 9.17) is 38.5 Å². The van der Waals surface area contributed by atoms with E-state index < -0.39 is 15.6 Å². The molecular formula is H6Ca2MgO11P2. The Labute approximate surface area is 166 Å². The van der Waals surface area contributed by atoms with Gasteiger partial charge in [-0.15, -0.1) is 0 Å². The molecule has 0 unspecified atom stereocenters. The predicted octanol–water partition coefficient (Wildman–Crippen LogP) is -9.27. The molecule has 0 aromatic heterocycles. The summed E-state index contributed by atoms with van der Waals surface area (Å²) in [4.78, 5) is 51.3. The summed E-state index contributed by atoms with van der Waals surface area (Å²) >= 11 is 0. The molecule has 0 atom stereocenters. The van der Waals surface area contributed by atoms with Gasteiger partial charge in [0.15, 0.2) is 0 Å². The van der Waals surface area contributed by atoms with Crippen LogP contribution in [0.5, 0.6) is 0 Å². The van der Waals surface area contributed by atoms with Gasteiger partial charge in [0.05, 0.1) is 0 Å². The summed E-state index contributed by atoms with van der Waals surface area (Å²) in [6.07, 6.45) is 0. The number of rotatable bonds is 0. The molecule has 88 valence electrons. The van der Waals surface area contributed by atoms with Gasteiger partial charge >= 0.3 is 98.5 Å². The summed E-state index contributed by atoms with van der Waals surface area (Å²) in [6.45, 7) is 0. The fraction of sp³-hybridized carbons (Fsp3) is 0. The van der Waals surface area contributed by atoms with Crippen LogP contribution >= 0.6 is 15.6 Å². The summed E-state index contributed by atoms with van der Waals surface area (Å²) < 4.78 is 17.1. The largest absolute Gasteiger partial charge is 2.00 e. The van der Waals surface area contributed by atoms with Gasteiger partial charge < -0.3 is 54.9 Å². The third-order valence-electron chi connectivity index (χ3n) is 0. The minimum Gasteiger partial charge on any atom is -0.822 e. The van der Waals surface area contributed by atoms with Gasteiger partial charge in [0.2, 0.25) is 0 Å². The molecule has 0 saturated heterocycles. The summed E-state index contributed by atoms with van der Waals surface area (Å²) in [6, 6.07) is 0. The van der Waals surface area contributed by atoms with E-state index in [0.29, 0.717) is 0 Å². The molecule has 0 amide bonds. The normalized spacial score (nSPS) is 7.38. The van der Waals surface area contributed by atoms with E-state index in [1.165, 1.54) is 0 Å². The molecule has 0 aliphatic heterocycles. The van der Waals surface area contributed by atoms with E-state index in [1.54, 1.807) is 0 Å². The number of hydrogen-bond acceptors (Lipinski definition) is 8. The van der Waals surface area contributed by atoms with Crippen LogP contribution in [-0.4, -0.2) is 115 Å². The second-order valence-corrected chi connectivity index (χ2v) is 2.68. The van der Waals surface area contributed by atoms with Crippen LogP contribution in [0.15, 0.2) is 0 Å². The Hall–Kier alpha value is 3.39. The minimum atomic E-state index is -5.39. The van der Waals surface area contributed by atoms with Crippen molar-refractivity contribution in [2.75, 3.05) is 0 Å². The first kappa shape index (κ1) is 50.6. The van der Waals surface area contributed by atoms with Crippen LogP contribution in [0, 0.1) is 0 Å². The van der Waals surface area contributed by atoms with Crippen LogP contribution in [-0.2, 0) is 9.13 Å². The van der Waals surface area contributed by atoms with Crippen molar-refractivity contribution in [3.63, 3.8) is 0 Å². The SMILES string of the molecule is O.O.O.O=P([O-])([O-])[O-].O=P([O-])([O-])[O-].[Ca+2].[Ca+2].[Mg+2].